The molecule has 0 aliphatic carbocycles. The van der Waals surface area contributed by atoms with Crippen LogP contribution in [0.25, 0.3) is 0 Å². The summed E-state index contributed by atoms with van der Waals surface area (Å²) in [7, 11) is 3.29. The van der Waals surface area contributed by atoms with Gasteiger partial charge in [0.1, 0.15) is 12.1 Å². The number of nitrogens with one attached hydrogen (secondary N) is 6. The molecule has 2 aromatic carbocycles. The molecule has 0 aromatic heterocycles. The fourth-order valence-corrected chi connectivity index (χ4v) is 6.86. The second kappa shape index (κ2) is 23.4. The van der Waals surface area contributed by atoms with Gasteiger partial charge in [-0.05, 0) is 69.7 Å². The highest BCUT2D eigenvalue weighted by molar-refractivity contribution is 5.90. The molecular formula is C43H56N8O6. The average molecular weight is 781 g/mol. The van der Waals surface area contributed by atoms with Crippen LogP contribution in [0.5, 0.6) is 0 Å². The summed E-state index contributed by atoms with van der Waals surface area (Å²) in [6, 6.07) is 16.0. The molecule has 2 saturated heterocycles. The standard InChI is InChI=1S/C43H56N8O6/c1-31(45-3)41(55)49-37(43(57)51-25-15-21-35(51)29-47-39(53)27-33-18-10-7-11-19-33)23-13-5-4-12-22-36(48-40(54)30-44-2)42(56)50-24-14-20-34(50)28-46-38(52)26-32-16-8-6-9-17-32/h6-11,16-19,31,34-37,44-45H,14-15,20-30H2,1-3H3,(H,46,52)(H,47,53)(H,48,54)(H,49,55)/t31-,34-,35-,36-,37-/m0/s1. The first-order valence-electron chi connectivity index (χ1n) is 19.7. The Balaban J connectivity index is 1.38. The lowest BCUT2D eigenvalue weighted by Crippen LogP contribution is -2.54. The number of hydrogen-bond acceptors (Lipinski definition) is 8. The van der Waals surface area contributed by atoms with Crippen molar-refractivity contribution in [1.82, 2.24) is 41.7 Å². The molecule has 2 aliphatic rings. The summed E-state index contributed by atoms with van der Waals surface area (Å²) in [4.78, 5) is 81.8. The lowest BCUT2D eigenvalue weighted by atomic mass is 10.1. The molecule has 14 heteroatoms. The van der Waals surface area contributed by atoms with E-state index in [-0.39, 0.29) is 79.8 Å². The average Bonchev–Trinajstić information content (AvgIpc) is 3.89. The molecule has 0 saturated carbocycles. The van der Waals surface area contributed by atoms with E-state index in [0.29, 0.717) is 32.6 Å². The number of hydrogen-bond donors (Lipinski definition) is 6. The number of carbonyl (C=O) groups excluding carboxylic acids is 6. The zero-order valence-corrected chi connectivity index (χ0v) is 33.2. The topological polar surface area (TPSA) is 181 Å². The maximum Gasteiger partial charge on any atom is 0.246 e. The predicted molar refractivity (Wildman–Crippen MR) is 217 cm³/mol. The molecule has 4 rings (SSSR count). The van der Waals surface area contributed by atoms with Gasteiger partial charge in [-0.15, -0.1) is 0 Å². The van der Waals surface area contributed by atoms with Crippen molar-refractivity contribution in [3.05, 3.63) is 71.8 Å². The van der Waals surface area contributed by atoms with Crippen LogP contribution in [0.15, 0.2) is 60.7 Å². The Kier molecular flexibility index (Phi) is 18.1. The molecular weight excluding hydrogens is 725 g/mol. The van der Waals surface area contributed by atoms with E-state index >= 15 is 0 Å². The normalized spacial score (nSPS) is 17.5. The summed E-state index contributed by atoms with van der Waals surface area (Å²) in [6.45, 7) is 3.29. The second-order valence-electron chi connectivity index (χ2n) is 14.3. The van der Waals surface area contributed by atoms with Crippen LogP contribution >= 0.6 is 0 Å². The molecule has 2 aromatic rings. The molecule has 2 aliphatic heterocycles. The number of rotatable bonds is 18. The first-order chi connectivity index (χ1) is 27.6. The predicted octanol–water partition coefficient (Wildman–Crippen LogP) is 0.270. The van der Waals surface area contributed by atoms with Gasteiger partial charge in [-0.3, -0.25) is 28.8 Å². The van der Waals surface area contributed by atoms with E-state index < -0.39 is 18.1 Å². The van der Waals surface area contributed by atoms with E-state index in [2.05, 4.69) is 55.6 Å². The maximum absolute atomic E-state index is 13.9. The Morgan fingerprint density at radius 2 is 1.12 bits per heavy atom. The van der Waals surface area contributed by atoms with Gasteiger partial charge in [0.2, 0.25) is 35.4 Å². The minimum atomic E-state index is -0.946. The van der Waals surface area contributed by atoms with Crippen LogP contribution in [-0.2, 0) is 41.6 Å². The van der Waals surface area contributed by atoms with E-state index in [0.717, 1.165) is 30.4 Å². The molecule has 2 heterocycles. The molecule has 6 amide bonds. The van der Waals surface area contributed by atoms with Crippen LogP contribution in [0.2, 0.25) is 0 Å². The maximum atomic E-state index is 13.9. The fraction of sp³-hybridized carbons (Fsp3) is 0.488. The summed E-state index contributed by atoms with van der Waals surface area (Å²) in [6.07, 6.45) is 3.44. The lowest BCUT2D eigenvalue weighted by molar-refractivity contribution is -0.137. The quantitative estimate of drug-likeness (QED) is 0.117. The number of likely N-dealkylation sites (N-methyl/N-ethyl adjacent to an activating group) is 2. The van der Waals surface area contributed by atoms with Crippen LogP contribution in [0.1, 0.15) is 56.6 Å². The Hall–Kier alpha value is -5.70. The van der Waals surface area contributed by atoms with Gasteiger partial charge < -0.3 is 41.7 Å². The summed E-state index contributed by atoms with van der Waals surface area (Å²) in [5.41, 5.74) is 1.80. The fourth-order valence-electron chi connectivity index (χ4n) is 6.86. The third-order valence-corrected chi connectivity index (χ3v) is 10.1. The zero-order chi connectivity index (χ0) is 41.0. The molecule has 0 unspecified atom stereocenters. The highest BCUT2D eigenvalue weighted by atomic mass is 16.2. The van der Waals surface area contributed by atoms with E-state index in [1.54, 1.807) is 30.8 Å². The van der Waals surface area contributed by atoms with Gasteiger partial charge in [-0.1, -0.05) is 72.5 Å². The monoisotopic (exact) mass is 780 g/mol. The van der Waals surface area contributed by atoms with Gasteiger partial charge in [-0.2, -0.15) is 0 Å². The Morgan fingerprint density at radius 3 is 1.56 bits per heavy atom. The highest BCUT2D eigenvalue weighted by Crippen LogP contribution is 2.20. The van der Waals surface area contributed by atoms with Crippen LogP contribution in [0.3, 0.4) is 0 Å². The molecule has 304 valence electrons. The van der Waals surface area contributed by atoms with Crippen molar-refractivity contribution in [2.24, 2.45) is 0 Å². The van der Waals surface area contributed by atoms with Crippen molar-refractivity contribution < 1.29 is 28.8 Å². The van der Waals surface area contributed by atoms with Crippen LogP contribution in [-0.4, -0.2) is 122 Å². The Bertz CT molecular complexity index is 1800. The first kappa shape index (κ1) is 44.0. The van der Waals surface area contributed by atoms with Crippen molar-refractivity contribution in [1.29, 1.82) is 0 Å². The molecule has 6 N–H and O–H groups in total. The molecule has 0 spiro atoms. The van der Waals surface area contributed by atoms with Crippen LogP contribution < -0.4 is 31.9 Å². The third kappa shape index (κ3) is 14.4. The number of likely N-dealkylation sites (tertiary alicyclic amines) is 2. The molecule has 0 bridgehead atoms. The van der Waals surface area contributed by atoms with Gasteiger partial charge in [0, 0.05) is 51.1 Å². The van der Waals surface area contributed by atoms with E-state index in [4.69, 9.17) is 0 Å². The van der Waals surface area contributed by atoms with Crippen molar-refractivity contribution in [3.8, 4) is 23.7 Å². The van der Waals surface area contributed by atoms with E-state index in [1.165, 1.54) is 0 Å². The Labute approximate surface area is 336 Å². The molecule has 57 heavy (non-hydrogen) atoms. The Morgan fingerprint density at radius 1 is 0.667 bits per heavy atom. The molecule has 0 radical (unpaired) electrons. The van der Waals surface area contributed by atoms with Gasteiger partial charge in [-0.25, -0.2) is 0 Å². The van der Waals surface area contributed by atoms with Crippen molar-refractivity contribution in [2.45, 2.75) is 88.5 Å². The molecule has 14 nitrogen and oxygen atoms in total. The summed E-state index contributed by atoms with van der Waals surface area (Å²) in [5, 5.41) is 17.2. The van der Waals surface area contributed by atoms with Gasteiger partial charge in [0.25, 0.3) is 0 Å². The summed E-state index contributed by atoms with van der Waals surface area (Å²) < 4.78 is 0. The zero-order valence-electron chi connectivity index (χ0n) is 33.2. The number of benzene rings is 2. The lowest BCUT2D eigenvalue weighted by Gasteiger charge is -2.29. The molecule has 5 atom stereocenters. The van der Waals surface area contributed by atoms with E-state index in [1.807, 2.05) is 60.7 Å². The van der Waals surface area contributed by atoms with Gasteiger partial charge in [0.05, 0.1) is 25.4 Å². The van der Waals surface area contributed by atoms with Crippen LogP contribution in [0.4, 0.5) is 0 Å². The number of carbonyl (C=O) groups is 6. The largest absolute Gasteiger partial charge is 0.354 e. The van der Waals surface area contributed by atoms with Gasteiger partial charge >= 0.3 is 0 Å². The van der Waals surface area contributed by atoms with Gasteiger partial charge in [0.15, 0.2) is 0 Å². The van der Waals surface area contributed by atoms with E-state index in [9.17, 15) is 28.8 Å². The summed E-state index contributed by atoms with van der Waals surface area (Å²) in [5.74, 6) is 9.75. The third-order valence-electron chi connectivity index (χ3n) is 10.1. The van der Waals surface area contributed by atoms with Crippen molar-refractivity contribution in [3.63, 3.8) is 0 Å². The summed E-state index contributed by atoms with van der Waals surface area (Å²) >= 11 is 0. The number of nitrogens with zero attached hydrogens (tertiary/aromatic N) is 2. The minimum Gasteiger partial charge on any atom is -0.354 e. The van der Waals surface area contributed by atoms with Crippen LogP contribution in [0, 0.1) is 23.7 Å². The number of amides is 6. The van der Waals surface area contributed by atoms with Crippen molar-refractivity contribution >= 4 is 35.4 Å². The molecule has 2 fully saturated rings. The first-order valence-corrected chi connectivity index (χ1v) is 19.7. The smallest absolute Gasteiger partial charge is 0.246 e. The second-order valence-corrected chi connectivity index (χ2v) is 14.3. The minimum absolute atomic E-state index is 0.00319. The SMILES string of the molecule is CNCC(=O)N[C@@H](CC#CC#CC[C@H](NC(=O)[C@H](C)NC)C(=O)N1CCC[C@H]1CNC(=O)Cc1ccccc1)C(=O)N1CCC[C@H]1CNC(=O)Cc1ccccc1. The van der Waals surface area contributed by atoms with Crippen molar-refractivity contribution in [2.75, 3.05) is 46.8 Å². The highest BCUT2D eigenvalue weighted by Gasteiger charge is 2.35.